The van der Waals surface area contributed by atoms with Gasteiger partial charge in [-0.25, -0.2) is 0 Å². The molecular formula is C18H29N. The lowest BCUT2D eigenvalue weighted by Crippen LogP contribution is -2.31. The molecule has 1 aromatic rings. The molecule has 0 spiro atoms. The number of benzene rings is 1. The van der Waals surface area contributed by atoms with Crippen LogP contribution in [-0.4, -0.2) is 6.54 Å². The van der Waals surface area contributed by atoms with Crippen molar-refractivity contribution in [2.24, 2.45) is 11.8 Å². The second-order valence-electron chi connectivity index (χ2n) is 6.43. The average Bonchev–Trinajstić information content (AvgIpc) is 2.37. The predicted molar refractivity (Wildman–Crippen MR) is 83.5 cm³/mol. The molecule has 2 rings (SSSR count). The molecule has 0 saturated heterocycles. The van der Waals surface area contributed by atoms with Gasteiger partial charge in [0, 0.05) is 6.04 Å². The molecule has 0 bridgehead atoms. The average molecular weight is 259 g/mol. The van der Waals surface area contributed by atoms with Crippen molar-refractivity contribution in [3.05, 3.63) is 34.9 Å². The Hall–Kier alpha value is -0.820. The Balaban J connectivity index is 2.23. The van der Waals surface area contributed by atoms with Crippen molar-refractivity contribution < 1.29 is 0 Å². The highest BCUT2D eigenvalue weighted by Crippen LogP contribution is 2.38. The molecule has 1 fully saturated rings. The minimum atomic E-state index is 0.549. The van der Waals surface area contributed by atoms with Crippen molar-refractivity contribution in [3.63, 3.8) is 0 Å². The van der Waals surface area contributed by atoms with Gasteiger partial charge in [-0.3, -0.25) is 0 Å². The van der Waals surface area contributed by atoms with Gasteiger partial charge in [0.05, 0.1) is 0 Å². The fraction of sp³-hybridized carbons (Fsp3) is 0.667. The van der Waals surface area contributed by atoms with Gasteiger partial charge in [0.1, 0.15) is 0 Å². The summed E-state index contributed by atoms with van der Waals surface area (Å²) in [5, 5.41) is 3.75. The van der Waals surface area contributed by atoms with E-state index in [0.717, 1.165) is 18.4 Å². The standard InChI is InChI=1S/C18H29N/c1-5-19-18(16-8-6-7-13(2)12-16)17-10-9-14(3)11-15(17)4/h9-11,13,16,18-19H,5-8,12H2,1-4H3. The van der Waals surface area contributed by atoms with Crippen molar-refractivity contribution >= 4 is 0 Å². The van der Waals surface area contributed by atoms with Gasteiger partial charge >= 0.3 is 0 Å². The zero-order valence-electron chi connectivity index (χ0n) is 13.0. The molecule has 0 radical (unpaired) electrons. The Kier molecular flexibility index (Phi) is 5.04. The molecule has 1 heteroatoms. The van der Waals surface area contributed by atoms with Crippen LogP contribution < -0.4 is 5.32 Å². The zero-order chi connectivity index (χ0) is 13.8. The molecule has 19 heavy (non-hydrogen) atoms. The summed E-state index contributed by atoms with van der Waals surface area (Å²) < 4.78 is 0. The second-order valence-corrected chi connectivity index (χ2v) is 6.43. The largest absolute Gasteiger partial charge is 0.310 e. The van der Waals surface area contributed by atoms with Gasteiger partial charge in [-0.05, 0) is 56.2 Å². The smallest absolute Gasteiger partial charge is 0.0351 e. The molecule has 0 heterocycles. The number of aryl methyl sites for hydroxylation is 2. The first-order chi connectivity index (χ1) is 9.11. The topological polar surface area (TPSA) is 12.0 Å². The van der Waals surface area contributed by atoms with E-state index in [0.29, 0.717) is 6.04 Å². The molecule has 0 aromatic heterocycles. The predicted octanol–water partition coefficient (Wildman–Crippen LogP) is 4.78. The summed E-state index contributed by atoms with van der Waals surface area (Å²) in [6.07, 6.45) is 5.58. The van der Waals surface area contributed by atoms with Crippen LogP contribution >= 0.6 is 0 Å². The van der Waals surface area contributed by atoms with Crippen molar-refractivity contribution in [3.8, 4) is 0 Å². The number of hydrogen-bond donors (Lipinski definition) is 1. The van der Waals surface area contributed by atoms with Crippen LogP contribution in [0.4, 0.5) is 0 Å². The Bertz CT molecular complexity index is 410. The quantitative estimate of drug-likeness (QED) is 0.820. The highest BCUT2D eigenvalue weighted by Gasteiger charge is 2.27. The van der Waals surface area contributed by atoms with Crippen molar-refractivity contribution in [1.82, 2.24) is 5.32 Å². The third-order valence-electron chi connectivity index (χ3n) is 4.63. The Morgan fingerprint density at radius 1 is 1.26 bits per heavy atom. The first kappa shape index (κ1) is 14.6. The van der Waals surface area contributed by atoms with Crippen LogP contribution in [0, 0.1) is 25.7 Å². The van der Waals surface area contributed by atoms with Gasteiger partial charge < -0.3 is 5.32 Å². The second kappa shape index (κ2) is 6.56. The van der Waals surface area contributed by atoms with Crippen molar-refractivity contribution in [2.45, 2.75) is 59.4 Å². The van der Waals surface area contributed by atoms with Gasteiger partial charge in [-0.1, -0.05) is 50.5 Å². The first-order valence-electron chi connectivity index (χ1n) is 7.92. The van der Waals surface area contributed by atoms with Gasteiger partial charge in [0.25, 0.3) is 0 Å². The molecule has 0 amide bonds. The lowest BCUT2D eigenvalue weighted by atomic mass is 9.76. The fourth-order valence-corrected chi connectivity index (χ4v) is 3.71. The van der Waals surface area contributed by atoms with E-state index >= 15 is 0 Å². The fourth-order valence-electron chi connectivity index (χ4n) is 3.71. The van der Waals surface area contributed by atoms with E-state index < -0.39 is 0 Å². The SMILES string of the molecule is CCNC(c1ccc(C)cc1C)C1CCCC(C)C1. The summed E-state index contributed by atoms with van der Waals surface area (Å²) in [5.41, 5.74) is 4.34. The molecule has 1 aromatic carbocycles. The van der Waals surface area contributed by atoms with Crippen LogP contribution in [0.5, 0.6) is 0 Å². The van der Waals surface area contributed by atoms with Crippen LogP contribution in [0.15, 0.2) is 18.2 Å². The van der Waals surface area contributed by atoms with Crippen LogP contribution in [0.1, 0.15) is 62.3 Å². The summed E-state index contributed by atoms with van der Waals surface area (Å²) in [4.78, 5) is 0. The normalized spacial score (nSPS) is 25.3. The van der Waals surface area contributed by atoms with E-state index in [-0.39, 0.29) is 0 Å². The highest BCUT2D eigenvalue weighted by atomic mass is 14.9. The maximum atomic E-state index is 3.75. The van der Waals surface area contributed by atoms with Gasteiger partial charge in [0.2, 0.25) is 0 Å². The Labute approximate surface area is 118 Å². The number of nitrogens with one attached hydrogen (secondary N) is 1. The maximum Gasteiger partial charge on any atom is 0.0351 e. The van der Waals surface area contributed by atoms with E-state index in [1.54, 1.807) is 0 Å². The number of hydrogen-bond acceptors (Lipinski definition) is 1. The molecule has 1 saturated carbocycles. The van der Waals surface area contributed by atoms with Crippen LogP contribution in [-0.2, 0) is 0 Å². The molecule has 1 N–H and O–H groups in total. The summed E-state index contributed by atoms with van der Waals surface area (Å²) in [6, 6.07) is 7.48. The Morgan fingerprint density at radius 3 is 2.68 bits per heavy atom. The molecule has 1 aliphatic carbocycles. The van der Waals surface area contributed by atoms with Gasteiger partial charge in [0.15, 0.2) is 0 Å². The van der Waals surface area contributed by atoms with Crippen LogP contribution in [0.2, 0.25) is 0 Å². The maximum absolute atomic E-state index is 3.75. The van der Waals surface area contributed by atoms with E-state index in [1.807, 2.05) is 0 Å². The third kappa shape index (κ3) is 3.60. The lowest BCUT2D eigenvalue weighted by Gasteiger charge is -2.35. The molecule has 106 valence electrons. The summed E-state index contributed by atoms with van der Waals surface area (Å²) in [5.74, 6) is 1.70. The van der Waals surface area contributed by atoms with E-state index in [1.165, 1.54) is 42.4 Å². The minimum Gasteiger partial charge on any atom is -0.310 e. The molecule has 1 aliphatic rings. The monoisotopic (exact) mass is 259 g/mol. The van der Waals surface area contributed by atoms with Crippen molar-refractivity contribution in [2.75, 3.05) is 6.54 Å². The molecular weight excluding hydrogens is 230 g/mol. The molecule has 3 unspecified atom stereocenters. The van der Waals surface area contributed by atoms with Crippen LogP contribution in [0.3, 0.4) is 0 Å². The third-order valence-corrected chi connectivity index (χ3v) is 4.63. The highest BCUT2D eigenvalue weighted by molar-refractivity contribution is 5.33. The summed E-state index contributed by atoms with van der Waals surface area (Å²) in [6.45, 7) is 10.1. The van der Waals surface area contributed by atoms with E-state index in [4.69, 9.17) is 0 Å². The molecule has 0 aliphatic heterocycles. The van der Waals surface area contributed by atoms with Crippen molar-refractivity contribution in [1.29, 1.82) is 0 Å². The summed E-state index contributed by atoms with van der Waals surface area (Å²) in [7, 11) is 0. The summed E-state index contributed by atoms with van der Waals surface area (Å²) >= 11 is 0. The van der Waals surface area contributed by atoms with E-state index in [9.17, 15) is 0 Å². The molecule has 1 nitrogen and oxygen atoms in total. The van der Waals surface area contributed by atoms with Crippen LogP contribution in [0.25, 0.3) is 0 Å². The van der Waals surface area contributed by atoms with Gasteiger partial charge in [-0.2, -0.15) is 0 Å². The lowest BCUT2D eigenvalue weighted by molar-refractivity contribution is 0.225. The first-order valence-corrected chi connectivity index (χ1v) is 7.92. The zero-order valence-corrected chi connectivity index (χ0v) is 13.0. The minimum absolute atomic E-state index is 0.549. The Morgan fingerprint density at radius 2 is 2.05 bits per heavy atom. The van der Waals surface area contributed by atoms with E-state index in [2.05, 4.69) is 51.2 Å². The van der Waals surface area contributed by atoms with Gasteiger partial charge in [-0.15, -0.1) is 0 Å². The molecule has 3 atom stereocenters. The number of rotatable bonds is 4.